The second kappa shape index (κ2) is 8.31. The molecule has 17 heavy (non-hydrogen) atoms. The Kier molecular flexibility index (Phi) is 6.97. The van der Waals surface area contributed by atoms with Crippen LogP contribution in [-0.2, 0) is 6.54 Å². The average Bonchev–Trinajstić information content (AvgIpc) is 2.85. The van der Waals surface area contributed by atoms with Gasteiger partial charge in [0.25, 0.3) is 0 Å². The largest absolute Gasteiger partial charge is 0.468 e. The van der Waals surface area contributed by atoms with E-state index < -0.39 is 0 Å². The molecule has 1 aromatic rings. The first-order chi connectivity index (χ1) is 8.26. The van der Waals surface area contributed by atoms with Crippen LogP contribution in [0.4, 0.5) is 0 Å². The first-order valence-corrected chi connectivity index (χ1v) is 6.71. The molecule has 0 spiro atoms. The minimum Gasteiger partial charge on any atom is -0.468 e. The number of likely N-dealkylation sites (N-methyl/N-ethyl adjacent to an activating group) is 1. The van der Waals surface area contributed by atoms with Gasteiger partial charge < -0.3 is 14.6 Å². The van der Waals surface area contributed by atoms with Gasteiger partial charge in [-0.3, -0.25) is 0 Å². The van der Waals surface area contributed by atoms with Crippen molar-refractivity contribution >= 4 is 0 Å². The summed E-state index contributed by atoms with van der Waals surface area (Å²) in [6.45, 7) is 12.1. The van der Waals surface area contributed by atoms with Crippen molar-refractivity contribution in [3.8, 4) is 0 Å². The second-order valence-electron chi connectivity index (χ2n) is 4.66. The van der Waals surface area contributed by atoms with E-state index >= 15 is 0 Å². The maximum Gasteiger partial charge on any atom is 0.117 e. The van der Waals surface area contributed by atoms with Crippen molar-refractivity contribution in [3.63, 3.8) is 0 Å². The fraction of sp³-hybridized carbons (Fsp3) is 0.714. The van der Waals surface area contributed by atoms with Crippen molar-refractivity contribution in [3.05, 3.63) is 24.2 Å². The maximum atomic E-state index is 5.27. The zero-order valence-electron chi connectivity index (χ0n) is 11.4. The molecule has 1 N–H and O–H groups in total. The van der Waals surface area contributed by atoms with Gasteiger partial charge in [0.1, 0.15) is 5.76 Å². The van der Waals surface area contributed by atoms with Gasteiger partial charge in [0, 0.05) is 19.6 Å². The van der Waals surface area contributed by atoms with Crippen LogP contribution in [0.5, 0.6) is 0 Å². The number of hydrogen-bond donors (Lipinski definition) is 1. The van der Waals surface area contributed by atoms with Crippen molar-refractivity contribution in [2.24, 2.45) is 5.92 Å². The fourth-order valence-electron chi connectivity index (χ4n) is 1.81. The normalized spacial score (nSPS) is 13.2. The summed E-state index contributed by atoms with van der Waals surface area (Å²) in [4.78, 5) is 2.50. The molecule has 3 heteroatoms. The molecule has 0 aliphatic rings. The van der Waals surface area contributed by atoms with Crippen LogP contribution in [-0.4, -0.2) is 31.1 Å². The molecule has 0 aliphatic heterocycles. The van der Waals surface area contributed by atoms with Crippen molar-refractivity contribution in [1.82, 2.24) is 10.2 Å². The van der Waals surface area contributed by atoms with Crippen molar-refractivity contribution < 1.29 is 4.42 Å². The Bertz CT molecular complexity index is 272. The van der Waals surface area contributed by atoms with Gasteiger partial charge >= 0.3 is 0 Å². The Labute approximate surface area is 105 Å². The summed E-state index contributed by atoms with van der Waals surface area (Å²) in [5.41, 5.74) is 0. The minimum absolute atomic E-state index is 0.792. The van der Waals surface area contributed by atoms with Crippen LogP contribution in [0.3, 0.4) is 0 Å². The van der Waals surface area contributed by atoms with Crippen LogP contribution >= 0.6 is 0 Å². The van der Waals surface area contributed by atoms with Gasteiger partial charge in [0.2, 0.25) is 0 Å². The van der Waals surface area contributed by atoms with Crippen LogP contribution in [0.25, 0.3) is 0 Å². The summed E-state index contributed by atoms with van der Waals surface area (Å²) in [6, 6.07) is 3.93. The third-order valence-electron chi connectivity index (χ3n) is 3.20. The van der Waals surface area contributed by atoms with Gasteiger partial charge in [-0.2, -0.15) is 0 Å². The Morgan fingerprint density at radius 1 is 1.41 bits per heavy atom. The lowest BCUT2D eigenvalue weighted by atomic mass is 10.1. The average molecular weight is 238 g/mol. The van der Waals surface area contributed by atoms with Crippen molar-refractivity contribution in [2.75, 3.05) is 26.2 Å². The molecule has 0 saturated heterocycles. The van der Waals surface area contributed by atoms with Crippen LogP contribution in [0.2, 0.25) is 0 Å². The number of rotatable bonds is 9. The Balaban J connectivity index is 2.11. The second-order valence-corrected chi connectivity index (χ2v) is 4.66. The highest BCUT2D eigenvalue weighted by Crippen LogP contribution is 2.03. The van der Waals surface area contributed by atoms with Gasteiger partial charge in [-0.15, -0.1) is 0 Å². The molecular weight excluding hydrogens is 212 g/mol. The molecular formula is C14H26N2O. The number of nitrogens with zero attached hydrogens (tertiary/aromatic N) is 1. The zero-order valence-corrected chi connectivity index (χ0v) is 11.4. The number of hydrogen-bond acceptors (Lipinski definition) is 3. The minimum atomic E-state index is 0.792. The molecule has 1 heterocycles. The van der Waals surface area contributed by atoms with E-state index in [0.29, 0.717) is 0 Å². The van der Waals surface area contributed by atoms with E-state index in [1.165, 1.54) is 13.0 Å². The maximum absolute atomic E-state index is 5.27. The highest BCUT2D eigenvalue weighted by atomic mass is 16.3. The molecule has 1 rings (SSSR count). The van der Waals surface area contributed by atoms with Gasteiger partial charge in [0.05, 0.1) is 12.8 Å². The highest BCUT2D eigenvalue weighted by Gasteiger charge is 2.06. The molecule has 1 aromatic heterocycles. The zero-order chi connectivity index (χ0) is 12.5. The molecule has 0 aliphatic carbocycles. The predicted molar refractivity (Wildman–Crippen MR) is 72.0 cm³/mol. The topological polar surface area (TPSA) is 28.4 Å². The van der Waals surface area contributed by atoms with Gasteiger partial charge in [-0.05, 0) is 24.6 Å². The number of nitrogens with one attached hydrogen (secondary N) is 1. The SMILES string of the molecule is CCC(C)CN(CC)CCNCc1ccco1. The van der Waals surface area contributed by atoms with E-state index in [1.807, 2.05) is 12.1 Å². The van der Waals surface area contributed by atoms with Crippen molar-refractivity contribution in [1.29, 1.82) is 0 Å². The van der Waals surface area contributed by atoms with E-state index in [-0.39, 0.29) is 0 Å². The van der Waals surface area contributed by atoms with Gasteiger partial charge in [-0.25, -0.2) is 0 Å². The molecule has 0 bridgehead atoms. The molecule has 98 valence electrons. The molecule has 0 saturated carbocycles. The van der Waals surface area contributed by atoms with E-state index in [0.717, 1.165) is 37.9 Å². The standard InChI is InChI=1S/C14H26N2O/c1-4-13(3)12-16(5-2)9-8-15-11-14-7-6-10-17-14/h6-7,10,13,15H,4-5,8-9,11-12H2,1-3H3. The van der Waals surface area contributed by atoms with Crippen LogP contribution in [0.15, 0.2) is 22.8 Å². The van der Waals surface area contributed by atoms with E-state index in [4.69, 9.17) is 4.42 Å². The van der Waals surface area contributed by atoms with Crippen LogP contribution in [0, 0.1) is 5.92 Å². The Morgan fingerprint density at radius 3 is 2.82 bits per heavy atom. The Morgan fingerprint density at radius 2 is 2.24 bits per heavy atom. The monoisotopic (exact) mass is 238 g/mol. The number of furan rings is 1. The molecule has 1 atom stereocenters. The summed E-state index contributed by atoms with van der Waals surface area (Å²) in [7, 11) is 0. The third kappa shape index (κ3) is 5.89. The molecule has 3 nitrogen and oxygen atoms in total. The first-order valence-electron chi connectivity index (χ1n) is 6.71. The fourth-order valence-corrected chi connectivity index (χ4v) is 1.81. The lowest BCUT2D eigenvalue weighted by molar-refractivity contribution is 0.245. The summed E-state index contributed by atoms with van der Waals surface area (Å²) >= 11 is 0. The highest BCUT2D eigenvalue weighted by molar-refractivity contribution is 4.97. The van der Waals surface area contributed by atoms with E-state index in [2.05, 4.69) is 31.0 Å². The summed E-state index contributed by atoms with van der Waals surface area (Å²) in [6.07, 6.45) is 2.98. The van der Waals surface area contributed by atoms with Gasteiger partial charge in [-0.1, -0.05) is 27.2 Å². The van der Waals surface area contributed by atoms with E-state index in [1.54, 1.807) is 6.26 Å². The predicted octanol–water partition coefficient (Wildman–Crippen LogP) is 2.74. The smallest absolute Gasteiger partial charge is 0.117 e. The molecule has 0 aromatic carbocycles. The lowest BCUT2D eigenvalue weighted by Crippen LogP contribution is -2.34. The molecule has 1 unspecified atom stereocenters. The first kappa shape index (κ1) is 14.3. The van der Waals surface area contributed by atoms with E-state index in [9.17, 15) is 0 Å². The third-order valence-corrected chi connectivity index (χ3v) is 3.20. The summed E-state index contributed by atoms with van der Waals surface area (Å²) in [5.74, 6) is 1.80. The molecule has 0 amide bonds. The molecule has 0 radical (unpaired) electrons. The quantitative estimate of drug-likeness (QED) is 0.671. The Hall–Kier alpha value is -0.800. The van der Waals surface area contributed by atoms with Gasteiger partial charge in [0.15, 0.2) is 0 Å². The lowest BCUT2D eigenvalue weighted by Gasteiger charge is -2.23. The summed E-state index contributed by atoms with van der Waals surface area (Å²) < 4.78 is 5.27. The summed E-state index contributed by atoms with van der Waals surface area (Å²) in [5, 5.41) is 3.41. The van der Waals surface area contributed by atoms with Crippen LogP contribution in [0.1, 0.15) is 33.0 Å². The van der Waals surface area contributed by atoms with Crippen molar-refractivity contribution in [2.45, 2.75) is 33.7 Å². The van der Waals surface area contributed by atoms with Crippen LogP contribution < -0.4 is 5.32 Å². The molecule has 0 fully saturated rings.